The molecular weight excluding hydrogens is 312 g/mol. The van der Waals surface area contributed by atoms with E-state index in [-0.39, 0.29) is 5.91 Å². The van der Waals surface area contributed by atoms with Crippen LogP contribution in [0.2, 0.25) is 0 Å². The maximum Gasteiger partial charge on any atom is 0.265 e. The summed E-state index contributed by atoms with van der Waals surface area (Å²) in [5.41, 5.74) is 5.99. The Morgan fingerprint density at radius 1 is 1.04 bits per heavy atom. The number of aromatic nitrogens is 1. The van der Waals surface area contributed by atoms with E-state index < -0.39 is 6.10 Å². The summed E-state index contributed by atoms with van der Waals surface area (Å²) in [6.45, 7) is 14.0. The Kier molecular flexibility index (Phi) is 5.83. The van der Waals surface area contributed by atoms with Crippen LogP contribution >= 0.6 is 0 Å². The number of nitrogens with one attached hydrogen (secondary N) is 1. The van der Waals surface area contributed by atoms with Crippen molar-refractivity contribution in [3.05, 3.63) is 52.3 Å². The maximum atomic E-state index is 12.5. The Morgan fingerprint density at radius 2 is 1.72 bits per heavy atom. The van der Waals surface area contributed by atoms with Crippen LogP contribution < -0.4 is 10.1 Å². The van der Waals surface area contributed by atoms with Crippen molar-refractivity contribution in [3.63, 3.8) is 0 Å². The Morgan fingerprint density at radius 3 is 2.28 bits per heavy atom. The van der Waals surface area contributed by atoms with Crippen LogP contribution in [0.15, 0.2) is 24.3 Å². The Bertz CT molecular complexity index is 758. The number of aryl methyl sites for hydroxylation is 4. The predicted octanol–water partition coefficient (Wildman–Crippen LogP) is 4.84. The maximum absolute atomic E-state index is 12.5. The van der Waals surface area contributed by atoms with Crippen molar-refractivity contribution in [2.75, 3.05) is 5.32 Å². The smallest absolute Gasteiger partial charge is 0.265 e. The fourth-order valence-electron chi connectivity index (χ4n) is 3.06. The first kappa shape index (κ1) is 19.0. The molecule has 1 amide bonds. The highest BCUT2D eigenvalue weighted by molar-refractivity contribution is 5.95. The second kappa shape index (κ2) is 7.68. The molecule has 4 nitrogen and oxygen atoms in total. The molecule has 1 aromatic carbocycles. The second-order valence-corrected chi connectivity index (χ2v) is 6.96. The molecule has 1 unspecified atom stereocenters. The molecule has 0 fully saturated rings. The summed E-state index contributed by atoms with van der Waals surface area (Å²) >= 11 is 0. The summed E-state index contributed by atoms with van der Waals surface area (Å²) in [5.74, 6) is 0.997. The van der Waals surface area contributed by atoms with Crippen LogP contribution in [0, 0.1) is 27.7 Å². The minimum absolute atomic E-state index is 0.178. The van der Waals surface area contributed by atoms with Crippen molar-refractivity contribution >= 4 is 11.6 Å². The highest BCUT2D eigenvalue weighted by Gasteiger charge is 2.18. The van der Waals surface area contributed by atoms with Crippen LogP contribution in [0.5, 0.6) is 5.75 Å². The quantitative estimate of drug-likeness (QED) is 0.847. The first-order valence-corrected chi connectivity index (χ1v) is 8.72. The molecule has 2 rings (SSSR count). The van der Waals surface area contributed by atoms with Gasteiger partial charge in [0.25, 0.3) is 5.91 Å². The third kappa shape index (κ3) is 4.59. The molecule has 134 valence electrons. The lowest BCUT2D eigenvalue weighted by Crippen LogP contribution is -2.30. The van der Waals surface area contributed by atoms with Crippen molar-refractivity contribution in [2.45, 2.75) is 60.5 Å². The van der Waals surface area contributed by atoms with Gasteiger partial charge in [-0.05, 0) is 75.4 Å². The molecule has 1 heterocycles. The molecule has 1 N–H and O–H groups in total. The summed E-state index contributed by atoms with van der Waals surface area (Å²) in [6.07, 6.45) is -0.593. The number of pyridine rings is 1. The van der Waals surface area contributed by atoms with Crippen molar-refractivity contribution in [1.29, 1.82) is 0 Å². The highest BCUT2D eigenvalue weighted by Crippen LogP contribution is 2.25. The number of ether oxygens (including phenoxy) is 1. The number of rotatable bonds is 5. The zero-order valence-corrected chi connectivity index (χ0v) is 16.2. The Labute approximate surface area is 150 Å². The van der Waals surface area contributed by atoms with Crippen molar-refractivity contribution in [3.8, 4) is 5.75 Å². The van der Waals surface area contributed by atoms with Gasteiger partial charge in [-0.1, -0.05) is 19.9 Å². The average molecular weight is 340 g/mol. The lowest BCUT2D eigenvalue weighted by atomic mass is 9.98. The minimum Gasteiger partial charge on any atom is -0.481 e. The lowest BCUT2D eigenvalue weighted by Gasteiger charge is -2.18. The van der Waals surface area contributed by atoms with Crippen LogP contribution in [0.25, 0.3) is 0 Å². The summed E-state index contributed by atoms with van der Waals surface area (Å²) in [4.78, 5) is 16.9. The van der Waals surface area contributed by atoms with E-state index >= 15 is 0 Å². The molecule has 0 bridgehead atoms. The van der Waals surface area contributed by atoms with Gasteiger partial charge in [-0.2, -0.15) is 0 Å². The third-order valence-electron chi connectivity index (χ3n) is 4.32. The van der Waals surface area contributed by atoms with Crippen LogP contribution in [0.1, 0.15) is 54.8 Å². The fraction of sp³-hybridized carbons (Fsp3) is 0.429. The predicted molar refractivity (Wildman–Crippen MR) is 102 cm³/mol. The molecule has 0 aliphatic carbocycles. The second-order valence-electron chi connectivity index (χ2n) is 6.96. The van der Waals surface area contributed by atoms with Gasteiger partial charge in [-0.25, -0.2) is 0 Å². The number of carbonyl (C=O) groups excluding carboxylic acids is 1. The topological polar surface area (TPSA) is 51.2 Å². The molecule has 1 aromatic heterocycles. The highest BCUT2D eigenvalue weighted by atomic mass is 16.5. The van der Waals surface area contributed by atoms with Gasteiger partial charge in [0, 0.05) is 5.69 Å². The molecule has 0 saturated heterocycles. The standard InChI is InChI=1S/C21H28N2O2/c1-12(2)19-9-8-18(11-13(19)3)25-17(7)21(24)23-20-14(4)10-15(5)22-16(20)6/h8-12,17H,1-7H3,(H,23,24). The average Bonchev–Trinajstić information content (AvgIpc) is 2.50. The molecule has 0 radical (unpaired) electrons. The van der Waals surface area contributed by atoms with Crippen LogP contribution in [-0.2, 0) is 4.79 Å². The molecule has 1 atom stereocenters. The molecular formula is C21H28N2O2. The number of benzene rings is 1. The van der Waals surface area contributed by atoms with Gasteiger partial charge in [0.1, 0.15) is 5.75 Å². The van der Waals surface area contributed by atoms with Gasteiger partial charge in [0.15, 0.2) is 6.10 Å². The van der Waals surface area contributed by atoms with Gasteiger partial charge in [-0.3, -0.25) is 9.78 Å². The summed E-state index contributed by atoms with van der Waals surface area (Å²) in [5, 5.41) is 2.94. The van der Waals surface area contributed by atoms with E-state index in [1.807, 2.05) is 39.0 Å². The zero-order chi connectivity index (χ0) is 18.7. The number of hydrogen-bond acceptors (Lipinski definition) is 3. The first-order valence-electron chi connectivity index (χ1n) is 8.72. The molecule has 2 aromatic rings. The number of nitrogens with zero attached hydrogens (tertiary/aromatic N) is 1. The van der Waals surface area contributed by atoms with Crippen molar-refractivity contribution in [1.82, 2.24) is 4.98 Å². The number of carbonyl (C=O) groups is 1. The first-order chi connectivity index (χ1) is 11.7. The third-order valence-corrected chi connectivity index (χ3v) is 4.32. The van der Waals surface area contributed by atoms with Gasteiger partial charge in [0.05, 0.1) is 11.4 Å². The molecule has 0 spiro atoms. The summed E-state index contributed by atoms with van der Waals surface area (Å²) in [7, 11) is 0. The molecule has 0 aliphatic heterocycles. The van der Waals surface area contributed by atoms with E-state index in [0.717, 1.165) is 22.6 Å². The van der Waals surface area contributed by atoms with Crippen molar-refractivity contribution in [2.24, 2.45) is 0 Å². The van der Waals surface area contributed by atoms with E-state index in [2.05, 4.69) is 37.1 Å². The Balaban J connectivity index is 2.10. The van der Waals surface area contributed by atoms with Gasteiger partial charge in [-0.15, -0.1) is 0 Å². The van der Waals surface area contributed by atoms with Gasteiger partial charge < -0.3 is 10.1 Å². The van der Waals surface area contributed by atoms with Gasteiger partial charge in [0.2, 0.25) is 0 Å². The van der Waals surface area contributed by atoms with E-state index in [9.17, 15) is 4.79 Å². The van der Waals surface area contributed by atoms with E-state index in [1.165, 1.54) is 11.1 Å². The van der Waals surface area contributed by atoms with Crippen LogP contribution in [0.3, 0.4) is 0 Å². The molecule has 0 aliphatic rings. The van der Waals surface area contributed by atoms with Gasteiger partial charge >= 0.3 is 0 Å². The monoisotopic (exact) mass is 340 g/mol. The van der Waals surface area contributed by atoms with Crippen LogP contribution in [0.4, 0.5) is 5.69 Å². The zero-order valence-electron chi connectivity index (χ0n) is 16.2. The normalized spacial score (nSPS) is 12.2. The largest absolute Gasteiger partial charge is 0.481 e. The fourth-order valence-corrected chi connectivity index (χ4v) is 3.06. The summed E-state index contributed by atoms with van der Waals surface area (Å²) < 4.78 is 5.83. The van der Waals surface area contributed by atoms with Crippen molar-refractivity contribution < 1.29 is 9.53 Å². The SMILES string of the molecule is Cc1cc(C)c(NC(=O)C(C)Oc2ccc(C(C)C)c(C)c2)c(C)n1. The Hall–Kier alpha value is -2.36. The summed E-state index contributed by atoms with van der Waals surface area (Å²) in [6, 6.07) is 7.94. The number of hydrogen-bond donors (Lipinski definition) is 1. The minimum atomic E-state index is -0.593. The number of amides is 1. The number of anilines is 1. The van der Waals surface area contributed by atoms with E-state index in [1.54, 1.807) is 6.92 Å². The molecule has 0 saturated carbocycles. The molecule has 25 heavy (non-hydrogen) atoms. The van der Waals surface area contributed by atoms with E-state index in [0.29, 0.717) is 11.7 Å². The van der Waals surface area contributed by atoms with E-state index in [4.69, 9.17) is 4.74 Å². The molecule has 4 heteroatoms. The lowest BCUT2D eigenvalue weighted by molar-refractivity contribution is -0.122. The van der Waals surface area contributed by atoms with Crippen LogP contribution in [-0.4, -0.2) is 17.0 Å².